The van der Waals surface area contributed by atoms with Crippen LogP contribution in [0, 0.1) is 5.92 Å². The number of hydrogen-bond acceptors (Lipinski definition) is 4. The van der Waals surface area contributed by atoms with E-state index in [1.54, 1.807) is 4.90 Å². The van der Waals surface area contributed by atoms with Crippen molar-refractivity contribution in [3.8, 4) is 0 Å². The smallest absolute Gasteiger partial charge is 0.241 e. The molecule has 2 rings (SSSR count). The Labute approximate surface area is 109 Å². The van der Waals surface area contributed by atoms with Crippen molar-refractivity contribution in [1.29, 1.82) is 0 Å². The quantitative estimate of drug-likeness (QED) is 0.777. The molecule has 2 aliphatic heterocycles. The van der Waals surface area contributed by atoms with Gasteiger partial charge in [0, 0.05) is 19.1 Å². The first-order valence-corrected chi connectivity index (χ1v) is 8.41. The van der Waals surface area contributed by atoms with Crippen LogP contribution in [0.5, 0.6) is 0 Å². The molecule has 5 nitrogen and oxygen atoms in total. The topological polar surface area (TPSA) is 80.5 Å². The molecular formula is C12H22N2O3S. The number of amides is 1. The molecule has 2 fully saturated rings. The van der Waals surface area contributed by atoms with E-state index in [2.05, 4.69) is 6.92 Å². The van der Waals surface area contributed by atoms with Crippen molar-refractivity contribution in [3.05, 3.63) is 0 Å². The van der Waals surface area contributed by atoms with Gasteiger partial charge in [0.2, 0.25) is 5.91 Å². The highest BCUT2D eigenvalue weighted by Gasteiger charge is 2.42. The van der Waals surface area contributed by atoms with Crippen molar-refractivity contribution in [3.63, 3.8) is 0 Å². The summed E-state index contributed by atoms with van der Waals surface area (Å²) in [4.78, 5) is 14.1. The highest BCUT2D eigenvalue weighted by Crippen LogP contribution is 2.28. The molecule has 6 heteroatoms. The van der Waals surface area contributed by atoms with Crippen LogP contribution in [0.2, 0.25) is 0 Å². The Morgan fingerprint density at radius 3 is 2.67 bits per heavy atom. The molecule has 0 radical (unpaired) electrons. The van der Waals surface area contributed by atoms with Crippen LogP contribution in [0.3, 0.4) is 0 Å². The predicted octanol–water partition coefficient (Wildman–Crippen LogP) is 0.149. The maximum absolute atomic E-state index is 12.4. The Bertz CT molecular complexity index is 421. The predicted molar refractivity (Wildman–Crippen MR) is 69.8 cm³/mol. The maximum atomic E-state index is 12.4. The minimum Gasteiger partial charge on any atom is -0.337 e. The fraction of sp³-hybridized carbons (Fsp3) is 0.917. The third-order valence-corrected chi connectivity index (χ3v) is 6.42. The summed E-state index contributed by atoms with van der Waals surface area (Å²) >= 11 is 0. The number of sulfone groups is 1. The van der Waals surface area contributed by atoms with Crippen LogP contribution in [-0.2, 0) is 14.6 Å². The summed E-state index contributed by atoms with van der Waals surface area (Å²) in [5.74, 6) is 0.305. The van der Waals surface area contributed by atoms with Crippen molar-refractivity contribution in [2.45, 2.75) is 43.9 Å². The van der Waals surface area contributed by atoms with Gasteiger partial charge in [-0.2, -0.15) is 0 Å². The van der Waals surface area contributed by atoms with E-state index >= 15 is 0 Å². The van der Waals surface area contributed by atoms with Gasteiger partial charge in [-0.25, -0.2) is 8.42 Å². The summed E-state index contributed by atoms with van der Waals surface area (Å²) in [6, 6.07) is 0.00891. The fourth-order valence-electron chi connectivity index (χ4n) is 3.06. The van der Waals surface area contributed by atoms with Crippen LogP contribution in [-0.4, -0.2) is 49.4 Å². The number of nitrogens with zero attached hydrogens (tertiary/aromatic N) is 1. The van der Waals surface area contributed by atoms with E-state index in [1.165, 1.54) is 0 Å². The van der Waals surface area contributed by atoms with Crippen LogP contribution in [0.25, 0.3) is 0 Å². The first kappa shape index (κ1) is 13.8. The summed E-state index contributed by atoms with van der Waals surface area (Å²) < 4.78 is 24.0. The van der Waals surface area contributed by atoms with Crippen molar-refractivity contribution in [2.24, 2.45) is 11.7 Å². The van der Waals surface area contributed by atoms with Crippen LogP contribution < -0.4 is 5.73 Å². The second-order valence-electron chi connectivity index (χ2n) is 5.45. The van der Waals surface area contributed by atoms with Gasteiger partial charge in [0.15, 0.2) is 9.84 Å². The summed E-state index contributed by atoms with van der Waals surface area (Å²) in [5, 5.41) is -0.814. The molecule has 0 aromatic rings. The average Bonchev–Trinajstić information content (AvgIpc) is 2.69. The number of rotatable bonds is 2. The van der Waals surface area contributed by atoms with E-state index in [4.69, 9.17) is 5.73 Å². The Morgan fingerprint density at radius 2 is 2.06 bits per heavy atom. The average molecular weight is 274 g/mol. The molecule has 104 valence electrons. The van der Waals surface area contributed by atoms with Crippen molar-refractivity contribution in [1.82, 2.24) is 4.90 Å². The first-order chi connectivity index (χ1) is 8.47. The summed E-state index contributed by atoms with van der Waals surface area (Å²) in [6.45, 7) is 3.13. The Morgan fingerprint density at radius 1 is 1.33 bits per heavy atom. The van der Waals surface area contributed by atoms with Gasteiger partial charge in [-0.05, 0) is 25.2 Å². The molecule has 2 saturated heterocycles. The van der Waals surface area contributed by atoms with Gasteiger partial charge in [0.05, 0.1) is 5.75 Å². The molecule has 0 bridgehead atoms. The van der Waals surface area contributed by atoms with E-state index in [0.717, 1.165) is 12.8 Å². The Hall–Kier alpha value is -0.620. The van der Waals surface area contributed by atoms with E-state index < -0.39 is 15.1 Å². The number of nitrogens with two attached hydrogens (primary N) is 1. The van der Waals surface area contributed by atoms with Crippen LogP contribution in [0.15, 0.2) is 0 Å². The molecule has 1 amide bonds. The van der Waals surface area contributed by atoms with Gasteiger partial charge >= 0.3 is 0 Å². The highest BCUT2D eigenvalue weighted by molar-refractivity contribution is 7.92. The fourth-order valence-corrected chi connectivity index (χ4v) is 4.92. The SMILES string of the molecule is CC1CCN(C(=O)C2CCCCS2(=O)=O)C1CN. The molecular weight excluding hydrogens is 252 g/mol. The normalized spacial score (nSPS) is 35.7. The third-order valence-electron chi connectivity index (χ3n) is 4.26. The largest absolute Gasteiger partial charge is 0.337 e. The molecule has 0 spiro atoms. The molecule has 0 aliphatic carbocycles. The number of carbonyl (C=O) groups is 1. The monoisotopic (exact) mass is 274 g/mol. The van der Waals surface area contributed by atoms with Crippen molar-refractivity contribution < 1.29 is 13.2 Å². The van der Waals surface area contributed by atoms with Crippen LogP contribution in [0.1, 0.15) is 32.6 Å². The van der Waals surface area contributed by atoms with Gasteiger partial charge < -0.3 is 10.6 Å². The van der Waals surface area contributed by atoms with Crippen LogP contribution in [0.4, 0.5) is 0 Å². The van der Waals surface area contributed by atoms with Crippen molar-refractivity contribution >= 4 is 15.7 Å². The lowest BCUT2D eigenvalue weighted by atomic mass is 10.0. The van der Waals surface area contributed by atoms with E-state index in [-0.39, 0.29) is 17.7 Å². The van der Waals surface area contributed by atoms with E-state index in [9.17, 15) is 13.2 Å². The lowest BCUT2D eigenvalue weighted by Crippen LogP contribution is -2.50. The molecule has 18 heavy (non-hydrogen) atoms. The maximum Gasteiger partial charge on any atom is 0.241 e. The minimum absolute atomic E-state index is 0.00891. The molecule has 0 aromatic carbocycles. The second-order valence-corrected chi connectivity index (χ2v) is 7.76. The first-order valence-electron chi connectivity index (χ1n) is 6.69. The van der Waals surface area contributed by atoms with Crippen molar-refractivity contribution in [2.75, 3.05) is 18.8 Å². The zero-order valence-electron chi connectivity index (χ0n) is 10.8. The summed E-state index contributed by atoms with van der Waals surface area (Å²) in [6.07, 6.45) is 2.90. The minimum atomic E-state index is -3.24. The number of carbonyl (C=O) groups excluding carboxylic acids is 1. The standard InChI is InChI=1S/C12H22N2O3S/c1-9-5-6-14(10(9)8-13)12(15)11-4-2-3-7-18(11,16)17/h9-11H,2-8,13H2,1H3. The molecule has 2 aliphatic rings. The summed E-state index contributed by atoms with van der Waals surface area (Å²) in [7, 11) is -3.24. The zero-order chi connectivity index (χ0) is 13.3. The Balaban J connectivity index is 2.16. The van der Waals surface area contributed by atoms with E-state index in [1.807, 2.05) is 0 Å². The van der Waals surface area contributed by atoms with Gasteiger partial charge in [-0.15, -0.1) is 0 Å². The summed E-state index contributed by atoms with van der Waals surface area (Å²) in [5.41, 5.74) is 5.71. The zero-order valence-corrected chi connectivity index (χ0v) is 11.7. The number of hydrogen-bond donors (Lipinski definition) is 1. The van der Waals surface area contributed by atoms with Gasteiger partial charge in [0.1, 0.15) is 5.25 Å². The third kappa shape index (κ3) is 2.40. The molecule has 0 saturated carbocycles. The molecule has 2 heterocycles. The molecule has 2 N–H and O–H groups in total. The lowest BCUT2D eigenvalue weighted by Gasteiger charge is -2.31. The molecule has 3 unspecified atom stereocenters. The lowest BCUT2D eigenvalue weighted by molar-refractivity contribution is -0.131. The molecule has 0 aromatic heterocycles. The second kappa shape index (κ2) is 5.17. The molecule has 3 atom stereocenters. The Kier molecular flexibility index (Phi) is 3.96. The van der Waals surface area contributed by atoms with Gasteiger partial charge in [-0.1, -0.05) is 13.3 Å². The highest BCUT2D eigenvalue weighted by atomic mass is 32.2. The van der Waals surface area contributed by atoms with E-state index in [0.29, 0.717) is 31.8 Å². The van der Waals surface area contributed by atoms with Gasteiger partial charge in [-0.3, -0.25) is 4.79 Å². The number of likely N-dealkylation sites (tertiary alicyclic amines) is 1. The van der Waals surface area contributed by atoms with Gasteiger partial charge in [0.25, 0.3) is 0 Å². The van der Waals surface area contributed by atoms with Crippen LogP contribution >= 0.6 is 0 Å².